The van der Waals surface area contributed by atoms with Crippen molar-refractivity contribution >= 4 is 11.8 Å². The molecule has 2 aliphatic rings. The summed E-state index contributed by atoms with van der Waals surface area (Å²) >= 11 is 0. The summed E-state index contributed by atoms with van der Waals surface area (Å²) < 4.78 is 11.6. The van der Waals surface area contributed by atoms with E-state index in [4.69, 9.17) is 19.5 Å². The second-order valence-electron chi connectivity index (χ2n) is 5.68. The largest absolute Gasteiger partial charge is 0.480 e. The Morgan fingerprint density at radius 1 is 1.25 bits per heavy atom. The molecule has 112 valence electrons. The van der Waals surface area contributed by atoms with Gasteiger partial charge in [0, 0.05) is 0 Å². The van der Waals surface area contributed by atoms with E-state index >= 15 is 0 Å². The number of allylic oxidation sites excluding steroid dienone is 1. The average molecular weight is 278 g/mol. The second kappa shape index (κ2) is 6.42. The third kappa shape index (κ3) is 2.89. The summed E-state index contributed by atoms with van der Waals surface area (Å²) in [5, 5.41) is 0. The third-order valence-electron chi connectivity index (χ3n) is 3.78. The summed E-state index contributed by atoms with van der Waals surface area (Å²) in [5.74, 6) is 1.93. The minimum absolute atomic E-state index is 0.0203. The predicted octanol–water partition coefficient (Wildman–Crippen LogP) is 3.37. The molecule has 0 unspecified atom stereocenters. The van der Waals surface area contributed by atoms with Gasteiger partial charge in [-0.25, -0.2) is 9.98 Å². The molecule has 4 nitrogen and oxygen atoms in total. The Hall–Kier alpha value is -1.32. The molecule has 0 bridgehead atoms. The van der Waals surface area contributed by atoms with Crippen molar-refractivity contribution in [1.29, 1.82) is 0 Å². The highest BCUT2D eigenvalue weighted by Gasteiger charge is 2.43. The van der Waals surface area contributed by atoms with Gasteiger partial charge in [-0.05, 0) is 39.0 Å². The van der Waals surface area contributed by atoms with Gasteiger partial charge < -0.3 is 9.47 Å². The van der Waals surface area contributed by atoms with Crippen molar-refractivity contribution in [3.8, 4) is 0 Å². The van der Waals surface area contributed by atoms with E-state index in [-0.39, 0.29) is 11.6 Å². The Balaban J connectivity index is 2.37. The van der Waals surface area contributed by atoms with Crippen LogP contribution in [0.25, 0.3) is 0 Å². The van der Waals surface area contributed by atoms with Crippen molar-refractivity contribution in [2.75, 3.05) is 13.2 Å². The average Bonchev–Trinajstić information content (AvgIpc) is 2.43. The van der Waals surface area contributed by atoms with Gasteiger partial charge in [-0.2, -0.15) is 0 Å². The topological polar surface area (TPSA) is 43.2 Å². The van der Waals surface area contributed by atoms with E-state index in [1.165, 1.54) is 0 Å². The molecule has 1 spiro atoms. The van der Waals surface area contributed by atoms with Crippen LogP contribution in [0.15, 0.2) is 22.1 Å². The smallest absolute Gasteiger partial charge is 0.213 e. The maximum Gasteiger partial charge on any atom is 0.213 e. The molecule has 2 rings (SSSR count). The monoisotopic (exact) mass is 278 g/mol. The summed E-state index contributed by atoms with van der Waals surface area (Å²) in [5.41, 5.74) is -0.333. The number of aliphatic imine (C=N–C) groups is 2. The van der Waals surface area contributed by atoms with Crippen molar-refractivity contribution in [1.82, 2.24) is 0 Å². The fourth-order valence-electron chi connectivity index (χ4n) is 2.75. The van der Waals surface area contributed by atoms with Crippen LogP contribution in [0.1, 0.15) is 47.0 Å². The van der Waals surface area contributed by atoms with Crippen molar-refractivity contribution in [2.24, 2.45) is 15.9 Å². The van der Waals surface area contributed by atoms with Gasteiger partial charge in [-0.3, -0.25) is 0 Å². The molecule has 2 atom stereocenters. The molecular formula is C16H26N2O2. The van der Waals surface area contributed by atoms with E-state index < -0.39 is 0 Å². The maximum absolute atomic E-state index is 5.84. The first-order valence-corrected chi connectivity index (χ1v) is 7.71. The first kappa shape index (κ1) is 15.1. The van der Waals surface area contributed by atoms with E-state index in [2.05, 4.69) is 26.0 Å². The zero-order chi connectivity index (χ0) is 14.6. The van der Waals surface area contributed by atoms with Crippen LogP contribution in [-0.4, -0.2) is 36.6 Å². The van der Waals surface area contributed by atoms with Crippen LogP contribution >= 0.6 is 0 Å². The summed E-state index contributed by atoms with van der Waals surface area (Å²) in [6.45, 7) is 9.55. The van der Waals surface area contributed by atoms with E-state index in [1.54, 1.807) is 0 Å². The Labute approximate surface area is 122 Å². The van der Waals surface area contributed by atoms with Gasteiger partial charge in [0.2, 0.25) is 11.8 Å². The third-order valence-corrected chi connectivity index (χ3v) is 3.78. The highest BCUT2D eigenvalue weighted by atomic mass is 16.5. The van der Waals surface area contributed by atoms with E-state index in [0.717, 1.165) is 31.1 Å². The molecule has 1 heterocycles. The van der Waals surface area contributed by atoms with Crippen LogP contribution in [0.5, 0.6) is 0 Å². The Kier molecular flexibility index (Phi) is 4.84. The zero-order valence-corrected chi connectivity index (χ0v) is 13.1. The normalized spacial score (nSPS) is 29.4. The van der Waals surface area contributed by atoms with Gasteiger partial charge in [-0.15, -0.1) is 0 Å². The van der Waals surface area contributed by atoms with Crippen LogP contribution in [-0.2, 0) is 9.47 Å². The molecule has 0 amide bonds. The standard InChI is InChI=1S/C16H26N2O2/c1-5-19-14-13(12(3)4)17-15(20-6-2)16(18-14)10-8-7-9-11-16/h7-8,12-13H,5-6,9-11H2,1-4H3/t13-,16-/m1/s1. The Bertz CT molecular complexity index is 426. The van der Waals surface area contributed by atoms with Gasteiger partial charge in [0.15, 0.2) is 0 Å². The van der Waals surface area contributed by atoms with Crippen molar-refractivity contribution in [3.05, 3.63) is 12.2 Å². The minimum Gasteiger partial charge on any atom is -0.480 e. The number of ether oxygens (including phenoxy) is 2. The summed E-state index contributed by atoms with van der Waals surface area (Å²) in [6.07, 6.45) is 7.21. The van der Waals surface area contributed by atoms with Crippen LogP contribution in [0.4, 0.5) is 0 Å². The fraction of sp³-hybridized carbons (Fsp3) is 0.750. The fourth-order valence-corrected chi connectivity index (χ4v) is 2.75. The summed E-state index contributed by atoms with van der Waals surface area (Å²) in [7, 11) is 0. The van der Waals surface area contributed by atoms with Gasteiger partial charge in [-0.1, -0.05) is 26.0 Å². The highest BCUT2D eigenvalue weighted by Crippen LogP contribution is 2.34. The van der Waals surface area contributed by atoms with Crippen LogP contribution in [0.2, 0.25) is 0 Å². The molecule has 4 heteroatoms. The molecule has 1 aliphatic heterocycles. The highest BCUT2D eigenvalue weighted by molar-refractivity contribution is 5.97. The van der Waals surface area contributed by atoms with Gasteiger partial charge in [0.1, 0.15) is 11.6 Å². The number of hydrogen-bond acceptors (Lipinski definition) is 4. The maximum atomic E-state index is 5.84. The first-order chi connectivity index (χ1) is 9.63. The van der Waals surface area contributed by atoms with Crippen molar-refractivity contribution in [3.63, 3.8) is 0 Å². The number of hydrogen-bond donors (Lipinski definition) is 0. The SMILES string of the molecule is CCOC1=N[C@@]2(CC=CCC2)C(OCC)=N[C@@H]1C(C)C. The minimum atomic E-state index is -0.333. The lowest BCUT2D eigenvalue weighted by molar-refractivity contribution is 0.249. The molecule has 1 aliphatic carbocycles. The molecule has 0 aromatic rings. The quantitative estimate of drug-likeness (QED) is 0.743. The summed E-state index contributed by atoms with van der Waals surface area (Å²) in [4.78, 5) is 9.81. The van der Waals surface area contributed by atoms with Crippen LogP contribution < -0.4 is 0 Å². The molecule has 0 radical (unpaired) electrons. The van der Waals surface area contributed by atoms with E-state index in [0.29, 0.717) is 19.1 Å². The Morgan fingerprint density at radius 3 is 2.55 bits per heavy atom. The van der Waals surface area contributed by atoms with Crippen LogP contribution in [0, 0.1) is 5.92 Å². The lowest BCUT2D eigenvalue weighted by atomic mass is 9.84. The van der Waals surface area contributed by atoms with Crippen molar-refractivity contribution in [2.45, 2.75) is 58.5 Å². The molecule has 0 aromatic heterocycles. The zero-order valence-electron chi connectivity index (χ0n) is 13.1. The number of rotatable bonds is 3. The molecule has 0 aromatic carbocycles. The second-order valence-corrected chi connectivity index (χ2v) is 5.68. The van der Waals surface area contributed by atoms with Gasteiger partial charge in [0.05, 0.1) is 13.2 Å². The number of nitrogens with zero attached hydrogens (tertiary/aromatic N) is 2. The van der Waals surface area contributed by atoms with Crippen LogP contribution in [0.3, 0.4) is 0 Å². The first-order valence-electron chi connectivity index (χ1n) is 7.71. The van der Waals surface area contributed by atoms with Gasteiger partial charge in [0.25, 0.3) is 0 Å². The molecular weight excluding hydrogens is 252 g/mol. The van der Waals surface area contributed by atoms with E-state index in [9.17, 15) is 0 Å². The lowest BCUT2D eigenvalue weighted by Crippen LogP contribution is -2.47. The molecule has 0 saturated heterocycles. The predicted molar refractivity (Wildman–Crippen MR) is 82.5 cm³/mol. The lowest BCUT2D eigenvalue weighted by Gasteiger charge is -2.37. The van der Waals surface area contributed by atoms with E-state index in [1.807, 2.05) is 13.8 Å². The molecule has 20 heavy (non-hydrogen) atoms. The van der Waals surface area contributed by atoms with Gasteiger partial charge >= 0.3 is 0 Å². The van der Waals surface area contributed by atoms with Crippen molar-refractivity contribution < 1.29 is 9.47 Å². The molecule has 0 N–H and O–H groups in total. The molecule has 0 fully saturated rings. The molecule has 0 saturated carbocycles. The summed E-state index contributed by atoms with van der Waals surface area (Å²) in [6, 6.07) is -0.0203. The Morgan fingerprint density at radius 2 is 2.00 bits per heavy atom.